The molecule has 0 bridgehead atoms. The maximum Gasteiger partial charge on any atom is 0.267 e. The van der Waals surface area contributed by atoms with E-state index in [1.165, 1.54) is 0 Å². The number of aromatic nitrogens is 2. The Morgan fingerprint density at radius 1 is 1.32 bits per heavy atom. The van der Waals surface area contributed by atoms with E-state index in [-0.39, 0.29) is 11.7 Å². The summed E-state index contributed by atoms with van der Waals surface area (Å²) in [5.74, 6) is 0.750. The highest BCUT2D eigenvalue weighted by Crippen LogP contribution is 2.24. The van der Waals surface area contributed by atoms with Crippen LogP contribution in [0.5, 0.6) is 0 Å². The van der Waals surface area contributed by atoms with E-state index < -0.39 is 10.0 Å². The Hall–Kier alpha value is -1.93. The van der Waals surface area contributed by atoms with Gasteiger partial charge < -0.3 is 10.3 Å². The highest BCUT2D eigenvalue weighted by atomic mass is 32.2. The van der Waals surface area contributed by atoms with Gasteiger partial charge >= 0.3 is 0 Å². The van der Waals surface area contributed by atoms with Gasteiger partial charge in [-0.2, -0.15) is 0 Å². The molecule has 0 radical (unpaired) electrons. The molecule has 154 valence electrons. The molecule has 3 heterocycles. The second-order valence-corrected chi connectivity index (χ2v) is 9.64. The monoisotopic (exact) mass is 406 g/mol. The number of fused-ring (bicyclic) bond motifs is 1. The lowest BCUT2D eigenvalue weighted by molar-refractivity contribution is 0.0948. The zero-order valence-electron chi connectivity index (χ0n) is 16.5. The van der Waals surface area contributed by atoms with Crippen molar-refractivity contribution in [3.8, 4) is 0 Å². The minimum absolute atomic E-state index is 0.0920. The summed E-state index contributed by atoms with van der Waals surface area (Å²) in [5, 5.41) is 3.89. The molecule has 2 aromatic heterocycles. The molecule has 3 rings (SSSR count). The van der Waals surface area contributed by atoms with E-state index in [1.807, 2.05) is 19.1 Å². The summed E-state index contributed by atoms with van der Waals surface area (Å²) in [6.07, 6.45) is 9.06. The van der Waals surface area contributed by atoms with E-state index in [0.717, 1.165) is 43.0 Å². The fourth-order valence-corrected chi connectivity index (χ4v) is 5.35. The summed E-state index contributed by atoms with van der Waals surface area (Å²) in [5.41, 5.74) is 1.47. The maximum atomic E-state index is 12.2. The number of nitrogens with one attached hydrogen (secondary N) is 2. The number of sulfonamides is 1. The summed E-state index contributed by atoms with van der Waals surface area (Å²) in [4.78, 5) is 19.4. The Morgan fingerprint density at radius 3 is 2.82 bits per heavy atom. The smallest absolute Gasteiger partial charge is 0.267 e. The van der Waals surface area contributed by atoms with Crippen LogP contribution in [0.4, 0.5) is 0 Å². The molecule has 0 saturated carbocycles. The van der Waals surface area contributed by atoms with Gasteiger partial charge in [-0.3, -0.25) is 9.78 Å². The van der Waals surface area contributed by atoms with Gasteiger partial charge in [-0.25, -0.2) is 12.7 Å². The SMILES string of the molecule is CCCS(=O)(=O)N1CCC(CCCCNC(=O)c2cc3cnccc3[nH]2)CC1. The standard InChI is InChI=1S/C20H30N4O3S/c1-2-13-28(26,27)24-11-7-16(8-12-24)5-3-4-9-22-20(25)19-14-17-15-21-10-6-18(17)23-19/h6,10,14-16,23H,2-5,7-9,11-13H2,1H3,(H,22,25). The number of pyridine rings is 1. The zero-order chi connectivity index (χ0) is 20.0. The second-order valence-electron chi connectivity index (χ2n) is 7.56. The Labute approximate surface area is 167 Å². The van der Waals surface area contributed by atoms with Crippen molar-refractivity contribution in [2.24, 2.45) is 5.92 Å². The molecule has 0 unspecified atom stereocenters. The van der Waals surface area contributed by atoms with E-state index in [9.17, 15) is 13.2 Å². The minimum atomic E-state index is -3.05. The molecule has 0 spiro atoms. The van der Waals surface area contributed by atoms with Crippen LogP contribution in [0.3, 0.4) is 0 Å². The number of aromatic amines is 1. The highest BCUT2D eigenvalue weighted by Gasteiger charge is 2.26. The van der Waals surface area contributed by atoms with Crippen LogP contribution in [-0.2, 0) is 10.0 Å². The van der Waals surface area contributed by atoms with Crippen molar-refractivity contribution in [3.63, 3.8) is 0 Å². The average Bonchev–Trinajstić information content (AvgIpc) is 3.12. The van der Waals surface area contributed by atoms with E-state index >= 15 is 0 Å². The summed E-state index contributed by atoms with van der Waals surface area (Å²) in [6.45, 7) is 3.85. The quantitative estimate of drug-likeness (QED) is 0.626. The molecule has 0 atom stereocenters. The summed E-state index contributed by atoms with van der Waals surface area (Å²) in [6, 6.07) is 3.67. The van der Waals surface area contributed by atoms with Gasteiger partial charge in [0.1, 0.15) is 5.69 Å². The topological polar surface area (TPSA) is 95.2 Å². The van der Waals surface area contributed by atoms with Gasteiger partial charge in [0.25, 0.3) is 5.91 Å². The maximum absolute atomic E-state index is 12.2. The number of unbranched alkanes of at least 4 members (excludes halogenated alkanes) is 1. The molecule has 2 aromatic rings. The zero-order valence-corrected chi connectivity index (χ0v) is 17.3. The molecule has 1 aliphatic heterocycles. The van der Waals surface area contributed by atoms with Crippen LogP contribution in [0.2, 0.25) is 0 Å². The van der Waals surface area contributed by atoms with Crippen LogP contribution in [-0.4, -0.2) is 54.0 Å². The van der Waals surface area contributed by atoms with Crippen LogP contribution in [0.15, 0.2) is 24.5 Å². The molecular formula is C20H30N4O3S. The molecule has 1 fully saturated rings. The Kier molecular flexibility index (Phi) is 7.07. The van der Waals surface area contributed by atoms with E-state index in [1.54, 1.807) is 16.7 Å². The number of H-pyrrole nitrogens is 1. The fraction of sp³-hybridized carbons (Fsp3) is 0.600. The first-order valence-electron chi connectivity index (χ1n) is 10.2. The van der Waals surface area contributed by atoms with Crippen LogP contribution in [0.25, 0.3) is 10.9 Å². The molecule has 1 aliphatic rings. The first-order chi connectivity index (χ1) is 13.5. The summed E-state index contributed by atoms with van der Waals surface area (Å²) >= 11 is 0. The number of nitrogens with zero attached hydrogens (tertiary/aromatic N) is 2. The highest BCUT2D eigenvalue weighted by molar-refractivity contribution is 7.89. The third-order valence-corrected chi connectivity index (χ3v) is 7.50. The van der Waals surface area contributed by atoms with Crippen molar-refractivity contribution in [2.45, 2.75) is 45.4 Å². The molecular weight excluding hydrogens is 376 g/mol. The van der Waals surface area contributed by atoms with E-state index in [2.05, 4.69) is 15.3 Å². The van der Waals surface area contributed by atoms with Gasteiger partial charge in [0.05, 0.1) is 5.75 Å². The fourth-order valence-electron chi connectivity index (χ4n) is 3.81. The number of hydrogen-bond acceptors (Lipinski definition) is 4. The summed E-state index contributed by atoms with van der Waals surface area (Å²) < 4.78 is 25.9. The van der Waals surface area contributed by atoms with Gasteiger partial charge in [-0.05, 0) is 43.7 Å². The number of piperidine rings is 1. The number of amides is 1. The van der Waals surface area contributed by atoms with Crippen molar-refractivity contribution in [3.05, 3.63) is 30.2 Å². The molecule has 1 amide bonds. The first kappa shape index (κ1) is 20.8. The first-order valence-corrected chi connectivity index (χ1v) is 11.8. The largest absolute Gasteiger partial charge is 0.351 e. The van der Waals surface area contributed by atoms with E-state index in [4.69, 9.17) is 0 Å². The lowest BCUT2D eigenvalue weighted by Crippen LogP contribution is -2.39. The van der Waals surface area contributed by atoms with Crippen LogP contribution >= 0.6 is 0 Å². The Bertz CT molecular complexity index is 853. The molecule has 7 nitrogen and oxygen atoms in total. The Balaban J connectivity index is 1.33. The van der Waals surface area contributed by atoms with Crippen molar-refractivity contribution in [1.29, 1.82) is 0 Å². The predicted octanol–water partition coefficient (Wildman–Crippen LogP) is 2.91. The third-order valence-electron chi connectivity index (χ3n) is 5.42. The predicted molar refractivity (Wildman–Crippen MR) is 111 cm³/mol. The molecule has 28 heavy (non-hydrogen) atoms. The van der Waals surface area contributed by atoms with E-state index in [0.29, 0.717) is 37.7 Å². The van der Waals surface area contributed by atoms with Gasteiger partial charge in [0, 0.05) is 42.9 Å². The average molecular weight is 407 g/mol. The summed E-state index contributed by atoms with van der Waals surface area (Å²) in [7, 11) is -3.05. The van der Waals surface area contributed by atoms with Crippen LogP contribution in [0.1, 0.15) is 55.9 Å². The van der Waals surface area contributed by atoms with Gasteiger partial charge in [0.2, 0.25) is 10.0 Å². The third kappa shape index (κ3) is 5.32. The van der Waals surface area contributed by atoms with Crippen LogP contribution < -0.4 is 5.32 Å². The molecule has 8 heteroatoms. The molecule has 0 aromatic carbocycles. The second kappa shape index (κ2) is 9.52. The van der Waals surface area contributed by atoms with Gasteiger partial charge in [-0.15, -0.1) is 0 Å². The normalized spacial score (nSPS) is 16.5. The van der Waals surface area contributed by atoms with Crippen molar-refractivity contribution < 1.29 is 13.2 Å². The van der Waals surface area contributed by atoms with Gasteiger partial charge in [-0.1, -0.05) is 19.8 Å². The number of hydrogen-bond donors (Lipinski definition) is 2. The molecule has 0 aliphatic carbocycles. The Morgan fingerprint density at radius 2 is 2.11 bits per heavy atom. The minimum Gasteiger partial charge on any atom is -0.351 e. The van der Waals surface area contributed by atoms with Crippen molar-refractivity contribution in [2.75, 3.05) is 25.4 Å². The number of carbonyl (C=O) groups excluding carboxylic acids is 1. The van der Waals surface area contributed by atoms with Crippen molar-refractivity contribution >= 4 is 26.8 Å². The van der Waals surface area contributed by atoms with Gasteiger partial charge in [0.15, 0.2) is 0 Å². The molecule has 2 N–H and O–H groups in total. The lowest BCUT2D eigenvalue weighted by Gasteiger charge is -2.31. The lowest BCUT2D eigenvalue weighted by atomic mass is 9.92. The number of rotatable bonds is 9. The molecule has 1 saturated heterocycles. The van der Waals surface area contributed by atoms with Crippen LogP contribution in [0, 0.1) is 5.92 Å². The van der Waals surface area contributed by atoms with Crippen molar-refractivity contribution in [1.82, 2.24) is 19.6 Å². The number of carbonyl (C=O) groups is 1.